The summed E-state index contributed by atoms with van der Waals surface area (Å²) in [5.41, 5.74) is 1.63. The molecule has 0 saturated heterocycles. The number of aryl methyl sites for hydroxylation is 1. The molecule has 1 saturated carbocycles. The number of methoxy groups -OCH3 is 1. The maximum atomic E-state index is 12.2. The van der Waals surface area contributed by atoms with E-state index in [1.807, 2.05) is 0 Å². The van der Waals surface area contributed by atoms with Crippen LogP contribution in [0.2, 0.25) is 0 Å². The summed E-state index contributed by atoms with van der Waals surface area (Å²) in [6.07, 6.45) is 9.03. The Balaban J connectivity index is 1.63. The van der Waals surface area contributed by atoms with Crippen molar-refractivity contribution in [1.82, 2.24) is 5.32 Å². The standard InChI is InChI=1S/C17H24N2O3S/c1-22-17(21)15-12-8-5-9-13(12)23-16(15)19-14(20)10-18-11-6-3-2-4-7-11/h11,18H,2-10H2,1H3,(H,19,20). The SMILES string of the molecule is COC(=O)c1c(NC(=O)CNC2CCCCC2)sc2c1CCC2. The lowest BCUT2D eigenvalue weighted by Crippen LogP contribution is -2.37. The molecule has 0 unspecified atom stereocenters. The van der Waals surface area contributed by atoms with Crippen LogP contribution in [0.4, 0.5) is 5.00 Å². The summed E-state index contributed by atoms with van der Waals surface area (Å²) in [4.78, 5) is 25.5. The van der Waals surface area contributed by atoms with Gasteiger partial charge in [0.1, 0.15) is 5.00 Å². The van der Waals surface area contributed by atoms with Crippen LogP contribution >= 0.6 is 11.3 Å². The zero-order valence-electron chi connectivity index (χ0n) is 13.6. The summed E-state index contributed by atoms with van der Waals surface area (Å²) < 4.78 is 4.90. The first kappa shape index (κ1) is 16.5. The molecule has 2 aliphatic carbocycles. The van der Waals surface area contributed by atoms with Crippen LogP contribution in [0.3, 0.4) is 0 Å². The van der Waals surface area contributed by atoms with Gasteiger partial charge in [-0.3, -0.25) is 4.79 Å². The Labute approximate surface area is 140 Å². The minimum absolute atomic E-state index is 0.0827. The van der Waals surface area contributed by atoms with E-state index >= 15 is 0 Å². The average molecular weight is 336 g/mol. The van der Waals surface area contributed by atoms with Gasteiger partial charge < -0.3 is 15.4 Å². The third kappa shape index (κ3) is 3.75. The third-order valence-corrected chi connectivity index (χ3v) is 5.93. The molecule has 23 heavy (non-hydrogen) atoms. The van der Waals surface area contributed by atoms with Crippen molar-refractivity contribution in [1.29, 1.82) is 0 Å². The summed E-state index contributed by atoms with van der Waals surface area (Å²) in [5, 5.41) is 6.89. The van der Waals surface area contributed by atoms with E-state index < -0.39 is 0 Å². The molecular weight excluding hydrogens is 312 g/mol. The van der Waals surface area contributed by atoms with Gasteiger partial charge in [0.25, 0.3) is 0 Å². The molecule has 3 rings (SSSR count). The number of nitrogens with one attached hydrogen (secondary N) is 2. The lowest BCUT2D eigenvalue weighted by Gasteiger charge is -2.22. The number of fused-ring (bicyclic) bond motifs is 1. The van der Waals surface area contributed by atoms with Gasteiger partial charge in [0.05, 0.1) is 19.2 Å². The number of rotatable bonds is 5. The van der Waals surface area contributed by atoms with E-state index in [1.54, 1.807) is 0 Å². The van der Waals surface area contributed by atoms with E-state index in [2.05, 4.69) is 10.6 Å². The van der Waals surface area contributed by atoms with Gasteiger partial charge in [0, 0.05) is 10.9 Å². The molecule has 0 bridgehead atoms. The summed E-state index contributed by atoms with van der Waals surface area (Å²) in [5.74, 6) is -0.430. The molecule has 6 heteroatoms. The highest BCUT2D eigenvalue weighted by atomic mass is 32.1. The van der Waals surface area contributed by atoms with Gasteiger partial charge in [-0.25, -0.2) is 4.79 Å². The van der Waals surface area contributed by atoms with Crippen molar-refractivity contribution in [3.63, 3.8) is 0 Å². The van der Waals surface area contributed by atoms with E-state index in [0.717, 1.165) is 37.7 Å². The number of amides is 1. The molecule has 0 spiro atoms. The van der Waals surface area contributed by atoms with Crippen LogP contribution in [0.1, 0.15) is 59.3 Å². The van der Waals surface area contributed by atoms with Crippen LogP contribution in [0, 0.1) is 0 Å². The molecule has 126 valence electrons. The molecule has 1 aromatic heterocycles. The maximum absolute atomic E-state index is 12.2. The second-order valence-electron chi connectivity index (χ2n) is 6.32. The van der Waals surface area contributed by atoms with Crippen molar-refractivity contribution < 1.29 is 14.3 Å². The minimum atomic E-state index is -0.347. The quantitative estimate of drug-likeness (QED) is 0.812. The first-order valence-electron chi connectivity index (χ1n) is 8.45. The molecule has 0 aromatic carbocycles. The molecule has 1 heterocycles. The molecule has 2 aliphatic rings. The van der Waals surface area contributed by atoms with Crippen molar-refractivity contribution in [2.24, 2.45) is 0 Å². The number of esters is 1. The smallest absolute Gasteiger partial charge is 0.341 e. The van der Waals surface area contributed by atoms with Crippen molar-refractivity contribution in [3.8, 4) is 0 Å². The van der Waals surface area contributed by atoms with Crippen molar-refractivity contribution in [3.05, 3.63) is 16.0 Å². The highest BCUT2D eigenvalue weighted by Crippen LogP contribution is 2.39. The summed E-state index contributed by atoms with van der Waals surface area (Å²) in [7, 11) is 1.39. The molecule has 2 N–H and O–H groups in total. The topological polar surface area (TPSA) is 67.4 Å². The zero-order valence-corrected chi connectivity index (χ0v) is 14.4. The van der Waals surface area contributed by atoms with Crippen molar-refractivity contribution >= 4 is 28.2 Å². The van der Waals surface area contributed by atoms with E-state index in [9.17, 15) is 9.59 Å². The highest BCUT2D eigenvalue weighted by molar-refractivity contribution is 7.17. The Bertz CT molecular complexity index is 591. The lowest BCUT2D eigenvalue weighted by atomic mass is 9.95. The Morgan fingerprint density at radius 2 is 1.96 bits per heavy atom. The van der Waals surface area contributed by atoms with E-state index in [1.165, 1.54) is 42.6 Å². The number of hydrogen-bond donors (Lipinski definition) is 2. The predicted molar refractivity (Wildman–Crippen MR) is 91.2 cm³/mol. The van der Waals surface area contributed by atoms with E-state index in [-0.39, 0.29) is 11.9 Å². The van der Waals surface area contributed by atoms with Crippen LogP contribution in [-0.4, -0.2) is 31.6 Å². The van der Waals surface area contributed by atoms with Gasteiger partial charge in [-0.2, -0.15) is 0 Å². The van der Waals surface area contributed by atoms with Crippen LogP contribution in [0.25, 0.3) is 0 Å². The molecule has 1 amide bonds. The summed E-state index contributed by atoms with van der Waals surface area (Å²) in [6, 6.07) is 0.447. The number of hydrogen-bond acceptors (Lipinski definition) is 5. The fraction of sp³-hybridized carbons (Fsp3) is 0.647. The van der Waals surface area contributed by atoms with E-state index in [0.29, 0.717) is 23.2 Å². The van der Waals surface area contributed by atoms with Crippen molar-refractivity contribution in [2.45, 2.75) is 57.4 Å². The first-order chi connectivity index (χ1) is 11.2. The monoisotopic (exact) mass is 336 g/mol. The van der Waals surface area contributed by atoms with Gasteiger partial charge in [-0.1, -0.05) is 19.3 Å². The third-order valence-electron chi connectivity index (χ3n) is 4.72. The van der Waals surface area contributed by atoms with E-state index in [4.69, 9.17) is 4.74 Å². The molecule has 1 aromatic rings. The number of ether oxygens (including phenoxy) is 1. The zero-order chi connectivity index (χ0) is 16.2. The van der Waals surface area contributed by atoms with Crippen LogP contribution in [0.5, 0.6) is 0 Å². The Morgan fingerprint density at radius 1 is 1.17 bits per heavy atom. The fourth-order valence-electron chi connectivity index (χ4n) is 3.52. The Kier molecular flexibility index (Phi) is 5.33. The minimum Gasteiger partial charge on any atom is -0.465 e. The first-order valence-corrected chi connectivity index (χ1v) is 9.26. The average Bonchev–Trinajstić information content (AvgIpc) is 3.14. The number of carbonyl (C=O) groups is 2. The molecule has 0 atom stereocenters. The second-order valence-corrected chi connectivity index (χ2v) is 7.42. The number of thiophene rings is 1. The maximum Gasteiger partial charge on any atom is 0.341 e. The number of anilines is 1. The largest absolute Gasteiger partial charge is 0.465 e. The summed E-state index contributed by atoms with van der Waals surface area (Å²) in [6.45, 7) is 0.299. The molecule has 0 aliphatic heterocycles. The predicted octanol–water partition coefficient (Wildman–Crippen LogP) is 2.88. The Morgan fingerprint density at radius 3 is 2.70 bits per heavy atom. The van der Waals surface area contributed by atoms with Gasteiger partial charge in [0.2, 0.25) is 5.91 Å². The van der Waals surface area contributed by atoms with Gasteiger partial charge in [-0.05, 0) is 37.7 Å². The molecule has 1 fully saturated rings. The van der Waals surface area contributed by atoms with Crippen LogP contribution < -0.4 is 10.6 Å². The highest BCUT2D eigenvalue weighted by Gasteiger charge is 2.28. The van der Waals surface area contributed by atoms with Gasteiger partial charge >= 0.3 is 5.97 Å². The van der Waals surface area contributed by atoms with Crippen LogP contribution in [0.15, 0.2) is 0 Å². The summed E-state index contributed by atoms with van der Waals surface area (Å²) >= 11 is 1.52. The molecule has 5 nitrogen and oxygen atoms in total. The van der Waals surface area contributed by atoms with Gasteiger partial charge in [0.15, 0.2) is 0 Å². The molecular formula is C17H24N2O3S. The van der Waals surface area contributed by atoms with Crippen LogP contribution in [-0.2, 0) is 22.4 Å². The van der Waals surface area contributed by atoms with Crippen molar-refractivity contribution in [2.75, 3.05) is 19.0 Å². The Hall–Kier alpha value is -1.40. The molecule has 0 radical (unpaired) electrons. The van der Waals surface area contributed by atoms with Gasteiger partial charge in [-0.15, -0.1) is 11.3 Å². The lowest BCUT2D eigenvalue weighted by molar-refractivity contribution is -0.115. The fourth-order valence-corrected chi connectivity index (χ4v) is 4.82. The number of carbonyl (C=O) groups excluding carboxylic acids is 2. The normalized spacial score (nSPS) is 17.8. The second kappa shape index (κ2) is 7.45.